The highest BCUT2D eigenvalue weighted by atomic mass is 16.3. The Hall–Kier alpha value is -2.47. The zero-order valence-corrected chi connectivity index (χ0v) is 14.4. The summed E-state index contributed by atoms with van der Waals surface area (Å²) in [6, 6.07) is 11.5. The van der Waals surface area contributed by atoms with Crippen LogP contribution in [0.15, 0.2) is 47.1 Å². The van der Waals surface area contributed by atoms with Crippen molar-refractivity contribution in [1.29, 1.82) is 0 Å². The van der Waals surface area contributed by atoms with Gasteiger partial charge in [0, 0.05) is 13.1 Å². The zero-order chi connectivity index (χ0) is 17.6. The molecule has 3 N–H and O–H groups in total. The number of amides is 1. The minimum Gasteiger partial charge on any atom is -0.467 e. The van der Waals surface area contributed by atoms with Crippen LogP contribution < -0.4 is 15.5 Å². The van der Waals surface area contributed by atoms with E-state index in [4.69, 9.17) is 4.42 Å². The number of piperidine rings is 1. The second-order valence-corrected chi connectivity index (χ2v) is 6.39. The molecule has 1 unspecified atom stereocenters. The number of nitrogens with zero attached hydrogens (tertiary/aromatic N) is 1. The highest BCUT2D eigenvalue weighted by molar-refractivity contribution is 5.83. The Kier molecular flexibility index (Phi) is 5.60. The zero-order valence-electron chi connectivity index (χ0n) is 14.4. The number of anilines is 2. The van der Waals surface area contributed by atoms with Gasteiger partial charge in [0.2, 0.25) is 5.91 Å². The molecule has 1 aliphatic heterocycles. The van der Waals surface area contributed by atoms with Crippen molar-refractivity contribution in [1.82, 2.24) is 5.32 Å². The van der Waals surface area contributed by atoms with Crippen LogP contribution in [0, 0.1) is 0 Å². The van der Waals surface area contributed by atoms with Gasteiger partial charge in [-0.3, -0.25) is 4.79 Å². The molecule has 2 aromatic rings. The molecule has 25 heavy (non-hydrogen) atoms. The molecule has 2 heterocycles. The molecule has 1 aromatic carbocycles. The predicted octanol–water partition coefficient (Wildman–Crippen LogP) is 2.53. The Labute approximate surface area is 147 Å². The first-order valence-corrected chi connectivity index (χ1v) is 8.72. The molecule has 1 amide bonds. The number of carbonyl (C=O) groups is 1. The number of hydrogen-bond donors (Lipinski definition) is 3. The fourth-order valence-corrected chi connectivity index (χ4v) is 3.08. The Morgan fingerprint density at radius 2 is 2.04 bits per heavy atom. The second kappa shape index (κ2) is 8.07. The minimum absolute atomic E-state index is 0.0900. The van der Waals surface area contributed by atoms with Gasteiger partial charge in [-0.25, -0.2) is 0 Å². The van der Waals surface area contributed by atoms with Crippen molar-refractivity contribution in [3.63, 3.8) is 0 Å². The number of nitrogens with one attached hydrogen (secondary N) is 2. The van der Waals surface area contributed by atoms with Crippen molar-refractivity contribution >= 4 is 17.3 Å². The number of carbonyl (C=O) groups excluding carboxylic acids is 1. The lowest BCUT2D eigenvalue weighted by molar-refractivity contribution is -0.120. The normalized spacial score (nSPS) is 16.5. The van der Waals surface area contributed by atoms with E-state index >= 15 is 0 Å². The van der Waals surface area contributed by atoms with E-state index in [9.17, 15) is 9.90 Å². The third kappa shape index (κ3) is 4.54. The third-order valence-corrected chi connectivity index (χ3v) is 4.50. The molecule has 1 atom stereocenters. The van der Waals surface area contributed by atoms with Crippen LogP contribution in [0.3, 0.4) is 0 Å². The van der Waals surface area contributed by atoms with E-state index in [0.717, 1.165) is 43.1 Å². The van der Waals surface area contributed by atoms with Crippen LogP contribution in [-0.4, -0.2) is 36.8 Å². The molecule has 134 valence electrons. The van der Waals surface area contributed by atoms with E-state index in [2.05, 4.69) is 15.5 Å². The van der Waals surface area contributed by atoms with Crippen LogP contribution in [0.1, 0.15) is 31.6 Å². The van der Waals surface area contributed by atoms with Gasteiger partial charge in [-0.1, -0.05) is 12.1 Å². The smallest absolute Gasteiger partial charge is 0.239 e. The lowest BCUT2D eigenvalue weighted by Gasteiger charge is -2.33. The summed E-state index contributed by atoms with van der Waals surface area (Å²) in [4.78, 5) is 14.4. The van der Waals surface area contributed by atoms with Crippen molar-refractivity contribution in [2.24, 2.45) is 0 Å². The monoisotopic (exact) mass is 343 g/mol. The number of rotatable bonds is 6. The Bertz CT molecular complexity index is 679. The molecule has 1 fully saturated rings. The summed E-state index contributed by atoms with van der Waals surface area (Å²) in [6.45, 7) is 3.73. The van der Waals surface area contributed by atoms with Gasteiger partial charge in [0.1, 0.15) is 5.76 Å². The maximum atomic E-state index is 12.2. The predicted molar refractivity (Wildman–Crippen MR) is 97.7 cm³/mol. The first kappa shape index (κ1) is 17.4. The molecule has 0 spiro atoms. The van der Waals surface area contributed by atoms with Crippen LogP contribution in [0.4, 0.5) is 11.4 Å². The van der Waals surface area contributed by atoms with E-state index in [0.29, 0.717) is 0 Å². The maximum Gasteiger partial charge on any atom is 0.239 e. The van der Waals surface area contributed by atoms with E-state index < -0.39 is 0 Å². The van der Waals surface area contributed by atoms with Gasteiger partial charge in [0.05, 0.1) is 36.3 Å². The van der Waals surface area contributed by atoms with Crippen LogP contribution in [0.25, 0.3) is 0 Å². The van der Waals surface area contributed by atoms with Crippen molar-refractivity contribution in [2.45, 2.75) is 31.9 Å². The van der Waals surface area contributed by atoms with Crippen LogP contribution >= 0.6 is 0 Å². The molecule has 0 radical (unpaired) electrons. The molecule has 1 aliphatic rings. The standard InChI is InChI=1S/C19H25N3O3/c1-14(18-7-4-12-25-18)21-19(24)13-20-16-5-2-3-6-17(16)22-10-8-15(23)9-11-22/h2-7,12,14-15,20,23H,8-11,13H2,1H3,(H,21,24). The average molecular weight is 343 g/mol. The lowest BCUT2D eigenvalue weighted by atomic mass is 10.1. The number of furan rings is 1. The minimum atomic E-state index is -0.203. The van der Waals surface area contributed by atoms with Gasteiger partial charge in [0.25, 0.3) is 0 Å². The molecule has 1 saturated heterocycles. The summed E-state index contributed by atoms with van der Waals surface area (Å²) >= 11 is 0. The highest BCUT2D eigenvalue weighted by Crippen LogP contribution is 2.28. The summed E-state index contributed by atoms with van der Waals surface area (Å²) in [5.74, 6) is 0.647. The van der Waals surface area contributed by atoms with Crippen molar-refractivity contribution in [3.8, 4) is 0 Å². The number of benzene rings is 1. The molecule has 0 aliphatic carbocycles. The van der Waals surface area contributed by atoms with Crippen LogP contribution in [0.5, 0.6) is 0 Å². The molecule has 6 heteroatoms. The van der Waals surface area contributed by atoms with Crippen LogP contribution in [0.2, 0.25) is 0 Å². The highest BCUT2D eigenvalue weighted by Gasteiger charge is 2.19. The van der Waals surface area contributed by atoms with E-state index in [1.54, 1.807) is 6.26 Å². The van der Waals surface area contributed by atoms with E-state index in [1.807, 2.05) is 43.3 Å². The number of aliphatic hydroxyl groups excluding tert-OH is 1. The molecular weight excluding hydrogens is 318 g/mol. The summed E-state index contributed by atoms with van der Waals surface area (Å²) in [6.07, 6.45) is 2.94. The maximum absolute atomic E-state index is 12.2. The third-order valence-electron chi connectivity index (χ3n) is 4.50. The van der Waals surface area contributed by atoms with Gasteiger partial charge in [-0.15, -0.1) is 0 Å². The molecule has 0 bridgehead atoms. The Morgan fingerprint density at radius 3 is 2.76 bits per heavy atom. The van der Waals surface area contributed by atoms with Crippen LogP contribution in [-0.2, 0) is 4.79 Å². The van der Waals surface area contributed by atoms with Crippen molar-refractivity contribution in [3.05, 3.63) is 48.4 Å². The lowest BCUT2D eigenvalue weighted by Crippen LogP contribution is -2.36. The van der Waals surface area contributed by atoms with Crippen molar-refractivity contribution < 1.29 is 14.3 Å². The van der Waals surface area contributed by atoms with Crippen molar-refractivity contribution in [2.75, 3.05) is 29.9 Å². The molecule has 1 aromatic heterocycles. The topological polar surface area (TPSA) is 77.7 Å². The van der Waals surface area contributed by atoms with Gasteiger partial charge >= 0.3 is 0 Å². The first-order valence-electron chi connectivity index (χ1n) is 8.72. The largest absolute Gasteiger partial charge is 0.467 e. The van der Waals surface area contributed by atoms with Gasteiger partial charge in [-0.2, -0.15) is 0 Å². The summed E-state index contributed by atoms with van der Waals surface area (Å²) in [7, 11) is 0. The van der Waals surface area contributed by atoms with E-state index in [-0.39, 0.29) is 24.6 Å². The molecule has 6 nitrogen and oxygen atoms in total. The molecular formula is C19H25N3O3. The summed E-state index contributed by atoms with van der Waals surface area (Å²) in [5, 5.41) is 15.8. The summed E-state index contributed by atoms with van der Waals surface area (Å²) < 4.78 is 5.30. The average Bonchev–Trinajstić information content (AvgIpc) is 3.16. The molecule has 3 rings (SSSR count). The Morgan fingerprint density at radius 1 is 1.28 bits per heavy atom. The fourth-order valence-electron chi connectivity index (χ4n) is 3.08. The number of hydrogen-bond acceptors (Lipinski definition) is 5. The quantitative estimate of drug-likeness (QED) is 0.751. The van der Waals surface area contributed by atoms with Gasteiger partial charge in [0.15, 0.2) is 0 Å². The summed E-state index contributed by atoms with van der Waals surface area (Å²) in [5.41, 5.74) is 2.00. The first-order chi connectivity index (χ1) is 12.1. The Balaban J connectivity index is 1.57. The fraction of sp³-hybridized carbons (Fsp3) is 0.421. The van der Waals surface area contributed by atoms with E-state index in [1.165, 1.54) is 0 Å². The second-order valence-electron chi connectivity index (χ2n) is 6.39. The number of aliphatic hydroxyl groups is 1. The van der Waals surface area contributed by atoms with Gasteiger partial charge in [-0.05, 0) is 44.0 Å². The molecule has 0 saturated carbocycles. The number of para-hydroxylation sites is 2. The SMILES string of the molecule is CC(NC(=O)CNc1ccccc1N1CCC(O)CC1)c1ccco1. The van der Waals surface area contributed by atoms with Gasteiger partial charge < -0.3 is 25.1 Å².